The number of carboxylic acid groups (broad SMARTS) is 1. The molecule has 0 bridgehead atoms. The van der Waals surface area contributed by atoms with Crippen LogP contribution in [0, 0.1) is 0 Å². The third kappa shape index (κ3) is 6.71. The standard InChI is InChI=1S/C17H27NO4S/c1-5-12(2)22-16-10-13(6-7-15(16)21-3)11-18-14(17(19)20)8-9-23-4/h6-7,10,12,14,18H,5,8-9,11H2,1-4H3,(H,19,20)/t12-,14-/m0/s1. The van der Waals surface area contributed by atoms with Crippen LogP contribution in [0.5, 0.6) is 11.5 Å². The van der Waals surface area contributed by atoms with Crippen molar-refractivity contribution < 1.29 is 19.4 Å². The van der Waals surface area contributed by atoms with Gasteiger partial charge < -0.3 is 19.9 Å². The second-order valence-electron chi connectivity index (χ2n) is 5.38. The van der Waals surface area contributed by atoms with Gasteiger partial charge in [-0.05, 0) is 49.5 Å². The van der Waals surface area contributed by atoms with Crippen molar-refractivity contribution in [2.75, 3.05) is 19.1 Å². The molecule has 2 atom stereocenters. The highest BCUT2D eigenvalue weighted by atomic mass is 32.2. The first-order valence-corrected chi connectivity index (χ1v) is 9.19. The minimum absolute atomic E-state index is 0.0976. The number of ether oxygens (including phenoxy) is 2. The number of aliphatic carboxylic acids is 1. The number of carboxylic acids is 1. The number of nitrogens with one attached hydrogen (secondary N) is 1. The first kappa shape index (κ1) is 19.6. The van der Waals surface area contributed by atoms with Crippen molar-refractivity contribution in [2.45, 2.75) is 45.4 Å². The van der Waals surface area contributed by atoms with E-state index in [1.807, 2.05) is 31.4 Å². The average Bonchev–Trinajstić information content (AvgIpc) is 2.54. The van der Waals surface area contributed by atoms with Crippen LogP contribution in [-0.2, 0) is 11.3 Å². The van der Waals surface area contributed by atoms with Gasteiger partial charge in [0.05, 0.1) is 13.2 Å². The first-order chi connectivity index (χ1) is 11.0. The fraction of sp³-hybridized carbons (Fsp3) is 0.588. The lowest BCUT2D eigenvalue weighted by Gasteiger charge is -2.18. The summed E-state index contributed by atoms with van der Waals surface area (Å²) in [6, 6.07) is 5.14. The van der Waals surface area contributed by atoms with E-state index in [2.05, 4.69) is 12.2 Å². The van der Waals surface area contributed by atoms with Gasteiger partial charge in [0, 0.05) is 6.54 Å². The molecule has 0 saturated heterocycles. The third-order valence-electron chi connectivity index (χ3n) is 3.59. The molecule has 0 radical (unpaired) electrons. The minimum Gasteiger partial charge on any atom is -0.493 e. The molecule has 23 heavy (non-hydrogen) atoms. The molecule has 5 nitrogen and oxygen atoms in total. The molecule has 0 aliphatic heterocycles. The second-order valence-corrected chi connectivity index (χ2v) is 6.36. The highest BCUT2D eigenvalue weighted by Crippen LogP contribution is 2.29. The van der Waals surface area contributed by atoms with E-state index in [1.54, 1.807) is 18.9 Å². The maximum atomic E-state index is 11.3. The van der Waals surface area contributed by atoms with E-state index in [0.29, 0.717) is 24.5 Å². The van der Waals surface area contributed by atoms with Gasteiger partial charge in [0.25, 0.3) is 0 Å². The lowest BCUT2D eigenvalue weighted by atomic mass is 10.1. The van der Waals surface area contributed by atoms with Crippen LogP contribution in [0.4, 0.5) is 0 Å². The Kier molecular flexibility index (Phi) is 8.87. The number of hydrogen-bond acceptors (Lipinski definition) is 5. The molecule has 0 spiro atoms. The van der Waals surface area contributed by atoms with Crippen molar-refractivity contribution in [3.8, 4) is 11.5 Å². The molecule has 2 N–H and O–H groups in total. The summed E-state index contributed by atoms with van der Waals surface area (Å²) in [4.78, 5) is 11.3. The number of rotatable bonds is 11. The number of carbonyl (C=O) groups is 1. The number of benzene rings is 1. The molecule has 1 rings (SSSR count). The van der Waals surface area contributed by atoms with Gasteiger partial charge in [0.15, 0.2) is 11.5 Å². The summed E-state index contributed by atoms with van der Waals surface area (Å²) in [5, 5.41) is 12.3. The maximum absolute atomic E-state index is 11.3. The van der Waals surface area contributed by atoms with Gasteiger partial charge in [-0.25, -0.2) is 0 Å². The topological polar surface area (TPSA) is 67.8 Å². The molecule has 0 saturated carbocycles. The minimum atomic E-state index is -0.816. The summed E-state index contributed by atoms with van der Waals surface area (Å²) in [5.41, 5.74) is 0.972. The molecular weight excluding hydrogens is 314 g/mol. The molecule has 0 aliphatic rings. The fourth-order valence-electron chi connectivity index (χ4n) is 2.01. The lowest BCUT2D eigenvalue weighted by Crippen LogP contribution is -2.36. The van der Waals surface area contributed by atoms with E-state index >= 15 is 0 Å². The Labute approximate surface area is 142 Å². The second kappa shape index (κ2) is 10.4. The van der Waals surface area contributed by atoms with Crippen LogP contribution in [-0.4, -0.2) is 42.3 Å². The van der Waals surface area contributed by atoms with Crippen LogP contribution >= 0.6 is 11.8 Å². The summed E-state index contributed by atoms with van der Waals surface area (Å²) in [6.07, 6.45) is 3.58. The predicted molar refractivity (Wildman–Crippen MR) is 94.6 cm³/mol. The molecule has 0 aromatic heterocycles. The molecule has 6 heteroatoms. The maximum Gasteiger partial charge on any atom is 0.320 e. The van der Waals surface area contributed by atoms with Crippen molar-refractivity contribution in [1.82, 2.24) is 5.32 Å². The molecule has 0 heterocycles. The fourth-order valence-corrected chi connectivity index (χ4v) is 2.48. The SMILES string of the molecule is CC[C@H](C)Oc1cc(CN[C@@H](CCSC)C(=O)O)ccc1OC. The lowest BCUT2D eigenvalue weighted by molar-refractivity contribution is -0.139. The van der Waals surface area contributed by atoms with E-state index in [4.69, 9.17) is 9.47 Å². The number of thioether (sulfide) groups is 1. The van der Waals surface area contributed by atoms with E-state index in [9.17, 15) is 9.90 Å². The molecule has 0 aliphatic carbocycles. The average molecular weight is 341 g/mol. The highest BCUT2D eigenvalue weighted by molar-refractivity contribution is 7.98. The van der Waals surface area contributed by atoms with Crippen LogP contribution in [0.25, 0.3) is 0 Å². The summed E-state index contributed by atoms with van der Waals surface area (Å²) < 4.78 is 11.2. The third-order valence-corrected chi connectivity index (χ3v) is 4.24. The smallest absolute Gasteiger partial charge is 0.320 e. The van der Waals surface area contributed by atoms with Crippen LogP contribution in [0.1, 0.15) is 32.3 Å². The zero-order valence-electron chi connectivity index (χ0n) is 14.3. The van der Waals surface area contributed by atoms with Crippen molar-refractivity contribution in [2.24, 2.45) is 0 Å². The van der Waals surface area contributed by atoms with Crippen molar-refractivity contribution in [1.29, 1.82) is 0 Å². The monoisotopic (exact) mass is 341 g/mol. The summed E-state index contributed by atoms with van der Waals surface area (Å²) in [5.74, 6) is 1.38. The summed E-state index contributed by atoms with van der Waals surface area (Å²) >= 11 is 1.65. The van der Waals surface area contributed by atoms with Crippen molar-refractivity contribution in [3.63, 3.8) is 0 Å². The van der Waals surface area contributed by atoms with Crippen LogP contribution in [0.3, 0.4) is 0 Å². The first-order valence-electron chi connectivity index (χ1n) is 7.80. The predicted octanol–water partition coefficient (Wildman–Crippen LogP) is 3.17. The Balaban J connectivity index is 2.75. The van der Waals surface area contributed by atoms with Crippen LogP contribution in [0.15, 0.2) is 18.2 Å². The highest BCUT2D eigenvalue weighted by Gasteiger charge is 2.16. The molecule has 130 valence electrons. The molecule has 0 fully saturated rings. The van der Waals surface area contributed by atoms with Crippen molar-refractivity contribution >= 4 is 17.7 Å². The Bertz CT molecular complexity index is 495. The molecule has 0 amide bonds. The summed E-state index contributed by atoms with van der Waals surface area (Å²) in [6.45, 7) is 4.55. The van der Waals surface area contributed by atoms with E-state index in [-0.39, 0.29) is 6.10 Å². The van der Waals surface area contributed by atoms with Crippen LogP contribution < -0.4 is 14.8 Å². The van der Waals surface area contributed by atoms with E-state index in [0.717, 1.165) is 17.7 Å². The zero-order chi connectivity index (χ0) is 17.2. The quantitative estimate of drug-likeness (QED) is 0.644. The summed E-state index contributed by atoms with van der Waals surface area (Å²) in [7, 11) is 1.61. The van der Waals surface area contributed by atoms with Gasteiger partial charge in [0.1, 0.15) is 6.04 Å². The normalized spacial score (nSPS) is 13.4. The Morgan fingerprint density at radius 1 is 1.39 bits per heavy atom. The van der Waals surface area contributed by atoms with Gasteiger partial charge in [-0.3, -0.25) is 4.79 Å². The molecular formula is C17H27NO4S. The van der Waals surface area contributed by atoms with Gasteiger partial charge in [-0.1, -0.05) is 13.0 Å². The number of hydrogen-bond donors (Lipinski definition) is 2. The molecule has 1 aromatic carbocycles. The molecule has 1 aromatic rings. The van der Waals surface area contributed by atoms with Gasteiger partial charge in [-0.15, -0.1) is 0 Å². The van der Waals surface area contributed by atoms with Gasteiger partial charge in [-0.2, -0.15) is 11.8 Å². The zero-order valence-corrected chi connectivity index (χ0v) is 15.1. The Morgan fingerprint density at radius 3 is 2.70 bits per heavy atom. The van der Waals surface area contributed by atoms with E-state index < -0.39 is 12.0 Å². The largest absolute Gasteiger partial charge is 0.493 e. The van der Waals surface area contributed by atoms with Gasteiger partial charge >= 0.3 is 5.97 Å². The van der Waals surface area contributed by atoms with Crippen molar-refractivity contribution in [3.05, 3.63) is 23.8 Å². The van der Waals surface area contributed by atoms with E-state index in [1.165, 1.54) is 0 Å². The Morgan fingerprint density at radius 2 is 2.13 bits per heavy atom. The molecule has 0 unspecified atom stereocenters. The van der Waals surface area contributed by atoms with Gasteiger partial charge in [0.2, 0.25) is 0 Å². The number of methoxy groups -OCH3 is 1. The van der Waals surface area contributed by atoms with Crippen LogP contribution in [0.2, 0.25) is 0 Å². The Hall–Kier alpha value is -1.40.